The molecule has 1 heterocycles. The third-order valence-corrected chi connectivity index (χ3v) is 3.53. The van der Waals surface area contributed by atoms with Crippen LogP contribution in [0.15, 0.2) is 12.1 Å². The van der Waals surface area contributed by atoms with Gasteiger partial charge < -0.3 is 10.6 Å². The highest BCUT2D eigenvalue weighted by Crippen LogP contribution is 2.32. The first-order valence-electron chi connectivity index (χ1n) is 6.43. The van der Waals surface area contributed by atoms with E-state index in [-0.39, 0.29) is 24.4 Å². The summed E-state index contributed by atoms with van der Waals surface area (Å²) in [4.78, 5) is 13.7. The number of nitrogens with zero attached hydrogens (tertiary/aromatic N) is 1. The van der Waals surface area contributed by atoms with Gasteiger partial charge >= 0.3 is 0 Å². The van der Waals surface area contributed by atoms with Crippen molar-refractivity contribution in [3.05, 3.63) is 34.9 Å². The van der Waals surface area contributed by atoms with Crippen molar-refractivity contribution in [2.24, 2.45) is 5.73 Å². The van der Waals surface area contributed by atoms with E-state index in [0.29, 0.717) is 24.1 Å². The molecule has 0 aliphatic carbocycles. The molecule has 19 heavy (non-hydrogen) atoms. The minimum absolute atomic E-state index is 0.0715. The van der Waals surface area contributed by atoms with E-state index < -0.39 is 11.6 Å². The van der Waals surface area contributed by atoms with Crippen molar-refractivity contribution < 1.29 is 13.6 Å². The monoisotopic (exact) mass is 268 g/mol. The lowest BCUT2D eigenvalue weighted by Crippen LogP contribution is -2.41. The number of benzene rings is 1. The second-order valence-electron chi connectivity index (χ2n) is 5.15. The van der Waals surface area contributed by atoms with E-state index in [0.717, 1.165) is 6.07 Å². The van der Waals surface area contributed by atoms with E-state index in [1.54, 1.807) is 18.7 Å². The molecule has 104 valence electrons. The molecule has 1 aliphatic rings. The third kappa shape index (κ3) is 2.76. The highest BCUT2D eigenvalue weighted by molar-refractivity contribution is 5.77. The van der Waals surface area contributed by atoms with Gasteiger partial charge in [0.15, 0.2) is 0 Å². The van der Waals surface area contributed by atoms with Gasteiger partial charge in [-0.1, -0.05) is 0 Å². The topological polar surface area (TPSA) is 46.3 Å². The number of fused-ring (bicyclic) bond motifs is 1. The number of hydrogen-bond acceptors (Lipinski definition) is 2. The van der Waals surface area contributed by atoms with Crippen LogP contribution in [0.3, 0.4) is 0 Å². The Hall–Kier alpha value is -1.49. The minimum atomic E-state index is -0.607. The fraction of sp³-hybridized carbons (Fsp3) is 0.500. The Morgan fingerprint density at radius 3 is 2.84 bits per heavy atom. The summed E-state index contributed by atoms with van der Waals surface area (Å²) in [5.41, 5.74) is 6.69. The van der Waals surface area contributed by atoms with Crippen molar-refractivity contribution >= 4 is 5.91 Å². The molecule has 1 aromatic rings. The average Bonchev–Trinajstić information content (AvgIpc) is 2.29. The van der Waals surface area contributed by atoms with Crippen LogP contribution in [0.2, 0.25) is 0 Å². The summed E-state index contributed by atoms with van der Waals surface area (Å²) in [6.45, 7) is 4.00. The summed E-state index contributed by atoms with van der Waals surface area (Å²) < 4.78 is 27.0. The fourth-order valence-electron chi connectivity index (χ4n) is 2.59. The van der Waals surface area contributed by atoms with Crippen LogP contribution >= 0.6 is 0 Å². The molecule has 0 fully saturated rings. The molecule has 0 spiro atoms. The number of carbonyl (C=O) groups is 1. The maximum Gasteiger partial charge on any atom is 0.224 e. The zero-order valence-corrected chi connectivity index (χ0v) is 11.1. The van der Waals surface area contributed by atoms with Crippen molar-refractivity contribution in [1.29, 1.82) is 0 Å². The highest BCUT2D eigenvalue weighted by atomic mass is 19.1. The average molecular weight is 268 g/mol. The molecule has 2 atom stereocenters. The van der Waals surface area contributed by atoms with Crippen LogP contribution in [-0.4, -0.2) is 23.4 Å². The molecule has 1 aromatic carbocycles. The minimum Gasteiger partial charge on any atom is -0.336 e. The molecule has 1 amide bonds. The van der Waals surface area contributed by atoms with Crippen LogP contribution in [0.5, 0.6) is 0 Å². The fourth-order valence-corrected chi connectivity index (χ4v) is 2.59. The molecular weight excluding hydrogens is 250 g/mol. The Balaban J connectivity index is 2.29. The van der Waals surface area contributed by atoms with Crippen LogP contribution in [0.4, 0.5) is 8.78 Å². The molecule has 5 heteroatoms. The van der Waals surface area contributed by atoms with E-state index >= 15 is 0 Å². The van der Waals surface area contributed by atoms with Crippen molar-refractivity contribution in [1.82, 2.24) is 4.90 Å². The van der Waals surface area contributed by atoms with Crippen LogP contribution < -0.4 is 5.73 Å². The van der Waals surface area contributed by atoms with Crippen LogP contribution in [0.25, 0.3) is 0 Å². The van der Waals surface area contributed by atoms with E-state index in [4.69, 9.17) is 5.73 Å². The maximum atomic E-state index is 13.7. The predicted octanol–water partition coefficient (Wildman–Crippen LogP) is 2.15. The van der Waals surface area contributed by atoms with Gasteiger partial charge in [0.25, 0.3) is 0 Å². The quantitative estimate of drug-likeness (QED) is 0.893. The largest absolute Gasteiger partial charge is 0.336 e. The first kappa shape index (κ1) is 13.9. The predicted molar refractivity (Wildman–Crippen MR) is 68.5 cm³/mol. The summed E-state index contributed by atoms with van der Waals surface area (Å²) in [7, 11) is 0. The number of halogens is 2. The van der Waals surface area contributed by atoms with Crippen LogP contribution in [0, 0.1) is 11.6 Å². The van der Waals surface area contributed by atoms with Crippen molar-refractivity contribution in [2.45, 2.75) is 38.8 Å². The second kappa shape index (κ2) is 5.25. The molecule has 0 saturated carbocycles. The molecule has 0 bridgehead atoms. The second-order valence-corrected chi connectivity index (χ2v) is 5.15. The lowest BCUT2D eigenvalue weighted by atomic mass is 9.92. The van der Waals surface area contributed by atoms with Gasteiger partial charge in [-0.05, 0) is 37.5 Å². The van der Waals surface area contributed by atoms with Gasteiger partial charge in [-0.15, -0.1) is 0 Å². The van der Waals surface area contributed by atoms with Gasteiger partial charge in [0.2, 0.25) is 5.91 Å². The first-order chi connectivity index (χ1) is 8.90. The molecule has 3 nitrogen and oxygen atoms in total. The molecule has 0 saturated heterocycles. The number of carbonyl (C=O) groups excluding carboxylic acids is 1. The van der Waals surface area contributed by atoms with Crippen molar-refractivity contribution in [2.75, 3.05) is 6.54 Å². The molecule has 1 aliphatic heterocycles. The maximum absolute atomic E-state index is 13.7. The molecule has 2 unspecified atom stereocenters. The number of amides is 1. The van der Waals surface area contributed by atoms with E-state index in [1.165, 1.54) is 6.07 Å². The van der Waals surface area contributed by atoms with E-state index in [2.05, 4.69) is 0 Å². The van der Waals surface area contributed by atoms with Gasteiger partial charge in [0, 0.05) is 25.1 Å². The lowest BCUT2D eigenvalue weighted by molar-refractivity contribution is -0.134. The van der Waals surface area contributed by atoms with Crippen LogP contribution in [0.1, 0.15) is 37.4 Å². The summed E-state index contributed by atoms with van der Waals surface area (Å²) >= 11 is 0. The zero-order valence-electron chi connectivity index (χ0n) is 11.1. The number of rotatable bonds is 2. The van der Waals surface area contributed by atoms with Gasteiger partial charge in [0.1, 0.15) is 11.6 Å². The Bertz CT molecular complexity index is 502. The molecule has 2 rings (SSSR count). The first-order valence-corrected chi connectivity index (χ1v) is 6.43. The Labute approximate surface area is 111 Å². The van der Waals surface area contributed by atoms with Gasteiger partial charge in [0.05, 0.1) is 6.04 Å². The molecule has 2 N–H and O–H groups in total. The highest BCUT2D eigenvalue weighted by Gasteiger charge is 2.29. The summed E-state index contributed by atoms with van der Waals surface area (Å²) in [5.74, 6) is -1.21. The van der Waals surface area contributed by atoms with Gasteiger partial charge in [-0.25, -0.2) is 8.78 Å². The standard InChI is InChI=1S/C14H18F2N2O/c1-8(17)5-14(19)18-4-3-11-12(9(18)2)6-10(15)7-13(11)16/h6-9H,3-5,17H2,1-2H3. The van der Waals surface area contributed by atoms with Gasteiger partial charge in [-0.2, -0.15) is 0 Å². The number of hydrogen-bond donors (Lipinski definition) is 1. The summed E-state index contributed by atoms with van der Waals surface area (Å²) in [6, 6.07) is 1.67. The molecule has 0 radical (unpaired) electrons. The summed E-state index contributed by atoms with van der Waals surface area (Å²) in [5, 5.41) is 0. The van der Waals surface area contributed by atoms with Crippen LogP contribution in [-0.2, 0) is 11.2 Å². The SMILES string of the molecule is CC(N)CC(=O)N1CCc2c(F)cc(F)cc2C1C. The molecule has 0 aromatic heterocycles. The smallest absolute Gasteiger partial charge is 0.224 e. The zero-order chi connectivity index (χ0) is 14.2. The van der Waals surface area contributed by atoms with E-state index in [9.17, 15) is 13.6 Å². The van der Waals surface area contributed by atoms with Gasteiger partial charge in [-0.3, -0.25) is 4.79 Å². The van der Waals surface area contributed by atoms with Crippen molar-refractivity contribution in [3.8, 4) is 0 Å². The number of nitrogens with two attached hydrogens (primary N) is 1. The van der Waals surface area contributed by atoms with Crippen molar-refractivity contribution in [3.63, 3.8) is 0 Å². The summed E-state index contributed by atoms with van der Waals surface area (Å²) in [6.07, 6.45) is 0.661. The molecular formula is C14H18F2N2O. The Kier molecular flexibility index (Phi) is 3.85. The Morgan fingerprint density at radius 2 is 2.21 bits per heavy atom. The van der Waals surface area contributed by atoms with E-state index in [1.807, 2.05) is 0 Å². The third-order valence-electron chi connectivity index (χ3n) is 3.53. The Morgan fingerprint density at radius 1 is 1.53 bits per heavy atom. The lowest BCUT2D eigenvalue weighted by Gasteiger charge is -2.36. The normalized spacial score (nSPS) is 20.1.